The summed E-state index contributed by atoms with van der Waals surface area (Å²) in [4.78, 5) is 22.9. The van der Waals surface area contributed by atoms with Gasteiger partial charge in [0.05, 0.1) is 6.04 Å². The largest absolute Gasteiger partial charge is 0.355 e. The second-order valence-corrected chi connectivity index (χ2v) is 4.43. The molecule has 1 heterocycles. The Morgan fingerprint density at radius 3 is 2.75 bits per heavy atom. The molecule has 1 saturated heterocycles. The average molecular weight is 268 g/mol. The molecule has 94 valence electrons. The number of amides is 2. The molecule has 1 aliphatic heterocycles. The Kier molecular flexibility index (Phi) is 7.53. The zero-order valence-electron chi connectivity index (χ0n) is 9.41. The van der Waals surface area contributed by atoms with Crippen LogP contribution in [-0.2, 0) is 9.59 Å². The molecule has 1 rings (SSSR count). The first-order valence-electron chi connectivity index (χ1n) is 5.04. The van der Waals surface area contributed by atoms with Crippen molar-refractivity contribution in [2.75, 3.05) is 18.2 Å². The Morgan fingerprint density at radius 1 is 1.56 bits per heavy atom. The average Bonchev–Trinajstić information content (AvgIpc) is 2.70. The van der Waals surface area contributed by atoms with Crippen LogP contribution >= 0.6 is 24.2 Å². The summed E-state index contributed by atoms with van der Waals surface area (Å²) in [5.41, 5.74) is 0. The highest BCUT2D eigenvalue weighted by atomic mass is 35.5. The van der Waals surface area contributed by atoms with Crippen molar-refractivity contribution in [1.29, 1.82) is 0 Å². The Bertz CT molecular complexity index is 247. The van der Waals surface area contributed by atoms with Crippen LogP contribution in [0.15, 0.2) is 0 Å². The summed E-state index contributed by atoms with van der Waals surface area (Å²) in [5.74, 6) is 1.33. The molecule has 0 aromatic rings. The lowest BCUT2D eigenvalue weighted by Gasteiger charge is -2.16. The van der Waals surface area contributed by atoms with Gasteiger partial charge in [-0.1, -0.05) is 0 Å². The molecule has 0 saturated carbocycles. The van der Waals surface area contributed by atoms with Crippen LogP contribution in [0.2, 0.25) is 0 Å². The second-order valence-electron chi connectivity index (χ2n) is 3.40. The highest BCUT2D eigenvalue weighted by Crippen LogP contribution is 2.09. The minimum atomic E-state index is -0.468. The molecule has 0 aliphatic carbocycles. The Morgan fingerprint density at radius 2 is 2.25 bits per heavy atom. The molecule has 0 aromatic heterocycles. The molecule has 5 nitrogen and oxygen atoms in total. The first-order valence-corrected chi connectivity index (χ1v) is 6.19. The van der Waals surface area contributed by atoms with Gasteiger partial charge in [-0.05, 0) is 13.8 Å². The molecule has 1 unspecified atom stereocenters. The van der Waals surface area contributed by atoms with Crippen LogP contribution in [0.4, 0.5) is 0 Å². The van der Waals surface area contributed by atoms with Crippen LogP contribution < -0.4 is 16.0 Å². The number of hydrogen-bond donors (Lipinski definition) is 3. The molecule has 0 radical (unpaired) electrons. The van der Waals surface area contributed by atoms with Gasteiger partial charge in [0.15, 0.2) is 0 Å². The maximum Gasteiger partial charge on any atom is 0.242 e. The van der Waals surface area contributed by atoms with Crippen LogP contribution in [0.1, 0.15) is 13.8 Å². The fourth-order valence-electron chi connectivity index (χ4n) is 1.27. The monoisotopic (exact) mass is 267 g/mol. The summed E-state index contributed by atoms with van der Waals surface area (Å²) in [6, 6.07) is -0.628. The number of thioether (sulfide) groups is 1. The molecule has 7 heteroatoms. The molecule has 3 N–H and O–H groups in total. The zero-order chi connectivity index (χ0) is 11.3. The lowest BCUT2D eigenvalue weighted by atomic mass is 10.2. The van der Waals surface area contributed by atoms with Gasteiger partial charge in [0.25, 0.3) is 0 Å². The van der Waals surface area contributed by atoms with Crippen molar-refractivity contribution >= 4 is 36.0 Å². The van der Waals surface area contributed by atoms with Crippen LogP contribution in [-0.4, -0.2) is 42.1 Å². The number of likely N-dealkylation sites (N-methyl/N-ethyl adjacent to an activating group) is 1. The van der Waals surface area contributed by atoms with Crippen LogP contribution in [0.3, 0.4) is 0 Å². The van der Waals surface area contributed by atoms with Crippen molar-refractivity contribution in [1.82, 2.24) is 16.0 Å². The maximum absolute atomic E-state index is 11.6. The van der Waals surface area contributed by atoms with Crippen LogP contribution in [0.5, 0.6) is 0 Å². The van der Waals surface area contributed by atoms with Crippen LogP contribution in [0, 0.1) is 0 Å². The van der Waals surface area contributed by atoms with E-state index >= 15 is 0 Å². The van der Waals surface area contributed by atoms with E-state index in [2.05, 4.69) is 16.0 Å². The molecule has 0 aromatic carbocycles. The van der Waals surface area contributed by atoms with Gasteiger partial charge in [0, 0.05) is 18.2 Å². The van der Waals surface area contributed by atoms with Gasteiger partial charge in [0.2, 0.25) is 11.8 Å². The van der Waals surface area contributed by atoms with Gasteiger partial charge in [-0.15, -0.1) is 24.2 Å². The number of carbonyl (C=O) groups excluding carboxylic acids is 2. The van der Waals surface area contributed by atoms with E-state index in [0.717, 1.165) is 11.6 Å². The maximum atomic E-state index is 11.6. The van der Waals surface area contributed by atoms with Crippen molar-refractivity contribution in [3.63, 3.8) is 0 Å². The van der Waals surface area contributed by atoms with Crippen molar-refractivity contribution in [3.8, 4) is 0 Å². The zero-order valence-corrected chi connectivity index (χ0v) is 11.0. The predicted molar refractivity (Wildman–Crippen MR) is 67.8 cm³/mol. The Hall–Kier alpha value is -0.460. The SMILES string of the molecule is CCNC(=O)C(C)NC(=O)[C@H]1CSCN1.Cl. The number of carbonyl (C=O) groups is 2. The number of hydrogen-bond acceptors (Lipinski definition) is 4. The van der Waals surface area contributed by atoms with Crippen molar-refractivity contribution in [2.24, 2.45) is 0 Å². The van der Waals surface area contributed by atoms with Gasteiger partial charge in [-0.2, -0.15) is 0 Å². The first-order chi connectivity index (χ1) is 7.15. The number of halogens is 1. The van der Waals surface area contributed by atoms with Crippen LogP contribution in [0.25, 0.3) is 0 Å². The molecule has 2 atom stereocenters. The third kappa shape index (κ3) is 4.59. The van der Waals surface area contributed by atoms with E-state index in [1.54, 1.807) is 18.7 Å². The molecule has 16 heavy (non-hydrogen) atoms. The lowest BCUT2D eigenvalue weighted by Crippen LogP contribution is -2.50. The Balaban J connectivity index is 0.00000225. The fraction of sp³-hybridized carbons (Fsp3) is 0.778. The van der Waals surface area contributed by atoms with E-state index < -0.39 is 6.04 Å². The molecule has 0 spiro atoms. The van der Waals surface area contributed by atoms with E-state index in [1.165, 1.54) is 0 Å². The summed E-state index contributed by atoms with van der Waals surface area (Å²) in [7, 11) is 0. The van der Waals surface area contributed by atoms with Crippen molar-refractivity contribution in [2.45, 2.75) is 25.9 Å². The van der Waals surface area contributed by atoms with Crippen molar-refractivity contribution < 1.29 is 9.59 Å². The van der Waals surface area contributed by atoms with E-state index in [4.69, 9.17) is 0 Å². The number of rotatable bonds is 4. The van der Waals surface area contributed by atoms with Gasteiger partial charge < -0.3 is 10.6 Å². The summed E-state index contributed by atoms with van der Waals surface area (Å²) >= 11 is 1.68. The highest BCUT2D eigenvalue weighted by molar-refractivity contribution is 7.99. The quantitative estimate of drug-likeness (QED) is 0.655. The van der Waals surface area contributed by atoms with Crippen molar-refractivity contribution in [3.05, 3.63) is 0 Å². The van der Waals surface area contributed by atoms with Gasteiger partial charge in [0.1, 0.15) is 6.04 Å². The molecule has 0 bridgehead atoms. The molecular weight excluding hydrogens is 250 g/mol. The molecular formula is C9H18ClN3O2S. The van der Waals surface area contributed by atoms with E-state index in [0.29, 0.717) is 6.54 Å². The van der Waals surface area contributed by atoms with Gasteiger partial charge in [-0.25, -0.2) is 0 Å². The third-order valence-corrected chi connectivity index (χ3v) is 3.08. The number of nitrogens with one attached hydrogen (secondary N) is 3. The highest BCUT2D eigenvalue weighted by Gasteiger charge is 2.25. The minimum absolute atomic E-state index is 0. The topological polar surface area (TPSA) is 70.2 Å². The normalized spacial score (nSPS) is 20.8. The van der Waals surface area contributed by atoms with E-state index in [9.17, 15) is 9.59 Å². The smallest absolute Gasteiger partial charge is 0.242 e. The first kappa shape index (κ1) is 15.5. The third-order valence-electron chi connectivity index (χ3n) is 2.14. The molecule has 1 fully saturated rings. The van der Waals surface area contributed by atoms with Gasteiger partial charge in [-0.3, -0.25) is 14.9 Å². The fourth-order valence-corrected chi connectivity index (χ4v) is 2.21. The Labute approximate surface area is 106 Å². The second kappa shape index (κ2) is 7.76. The lowest BCUT2D eigenvalue weighted by molar-refractivity contribution is -0.129. The summed E-state index contributed by atoms with van der Waals surface area (Å²) in [6.07, 6.45) is 0. The van der Waals surface area contributed by atoms with E-state index in [-0.39, 0.29) is 30.3 Å². The minimum Gasteiger partial charge on any atom is -0.355 e. The van der Waals surface area contributed by atoms with E-state index in [1.807, 2.05) is 6.92 Å². The standard InChI is InChI=1S/C9H17N3O2S.ClH/c1-3-10-8(13)6(2)12-9(14)7-4-15-5-11-7;/h6-7,11H,3-5H2,1-2H3,(H,10,13)(H,12,14);1H/t6?,7-;/m1./s1. The molecule has 1 aliphatic rings. The summed E-state index contributed by atoms with van der Waals surface area (Å²) in [6.45, 7) is 4.11. The summed E-state index contributed by atoms with van der Waals surface area (Å²) in [5, 5.41) is 8.39. The van der Waals surface area contributed by atoms with Gasteiger partial charge >= 0.3 is 0 Å². The summed E-state index contributed by atoms with van der Waals surface area (Å²) < 4.78 is 0. The molecule has 2 amide bonds. The predicted octanol–water partition coefficient (Wildman–Crippen LogP) is -0.288.